The fourth-order valence-corrected chi connectivity index (χ4v) is 6.71. The lowest BCUT2D eigenvalue weighted by molar-refractivity contribution is -0.140. The van der Waals surface area contributed by atoms with Crippen molar-refractivity contribution >= 4 is 39.1 Å². The molecule has 0 aliphatic carbocycles. The van der Waals surface area contributed by atoms with E-state index >= 15 is 0 Å². The van der Waals surface area contributed by atoms with Gasteiger partial charge in [0.05, 0.1) is 10.6 Å². The molecule has 1 N–H and O–H groups in total. The SMILES string of the molecule is CCNC(=O)C(Cc1ccccc1)N(Cc1ccccc1Cl)C(=O)CN(c1cc(C)cc(C)c1)S(=O)(=O)c1ccc(C)cc1. The number of rotatable bonds is 12. The average molecular weight is 632 g/mol. The van der Waals surface area contributed by atoms with Crippen LogP contribution in [0.4, 0.5) is 5.69 Å². The Morgan fingerprint density at radius 3 is 2.05 bits per heavy atom. The average Bonchev–Trinajstić information content (AvgIpc) is 2.98. The molecule has 44 heavy (non-hydrogen) atoms. The molecule has 0 heterocycles. The fraction of sp³-hybridized carbons (Fsp3) is 0.257. The van der Waals surface area contributed by atoms with Crippen molar-refractivity contribution in [3.63, 3.8) is 0 Å². The molecule has 1 atom stereocenters. The summed E-state index contributed by atoms with van der Waals surface area (Å²) in [6, 6.07) is 27.6. The first-order chi connectivity index (χ1) is 21.0. The Bertz CT molecular complexity index is 1690. The van der Waals surface area contributed by atoms with Gasteiger partial charge in [0.1, 0.15) is 12.6 Å². The largest absolute Gasteiger partial charge is 0.355 e. The second kappa shape index (κ2) is 14.6. The number of nitrogens with zero attached hydrogens (tertiary/aromatic N) is 2. The maximum absolute atomic E-state index is 14.5. The topological polar surface area (TPSA) is 86.8 Å². The summed E-state index contributed by atoms with van der Waals surface area (Å²) in [4.78, 5) is 29.6. The van der Waals surface area contributed by atoms with Gasteiger partial charge in [-0.25, -0.2) is 8.42 Å². The number of aryl methyl sites for hydroxylation is 3. The van der Waals surface area contributed by atoms with E-state index in [9.17, 15) is 18.0 Å². The number of sulfonamides is 1. The number of benzene rings is 4. The van der Waals surface area contributed by atoms with E-state index in [4.69, 9.17) is 11.6 Å². The van der Waals surface area contributed by atoms with Gasteiger partial charge >= 0.3 is 0 Å². The Balaban J connectivity index is 1.83. The number of halogens is 1. The molecular weight excluding hydrogens is 594 g/mol. The summed E-state index contributed by atoms with van der Waals surface area (Å²) in [5.74, 6) is -0.872. The van der Waals surface area contributed by atoms with Gasteiger partial charge in [0.2, 0.25) is 11.8 Å². The second-order valence-electron chi connectivity index (χ2n) is 10.9. The fourth-order valence-electron chi connectivity index (χ4n) is 5.12. The Morgan fingerprint density at radius 1 is 0.818 bits per heavy atom. The molecule has 0 radical (unpaired) electrons. The third kappa shape index (κ3) is 8.07. The minimum atomic E-state index is -4.17. The van der Waals surface area contributed by atoms with Crippen LogP contribution < -0.4 is 9.62 Å². The van der Waals surface area contributed by atoms with Crippen LogP contribution in [0.15, 0.2) is 102 Å². The number of carbonyl (C=O) groups excluding carboxylic acids is 2. The maximum Gasteiger partial charge on any atom is 0.264 e. The number of hydrogen-bond acceptors (Lipinski definition) is 4. The van der Waals surface area contributed by atoms with Crippen LogP contribution in [0, 0.1) is 20.8 Å². The van der Waals surface area contributed by atoms with Crippen molar-refractivity contribution in [2.24, 2.45) is 0 Å². The molecule has 4 aromatic rings. The smallest absolute Gasteiger partial charge is 0.264 e. The van der Waals surface area contributed by atoms with Crippen LogP contribution in [0.2, 0.25) is 5.02 Å². The first kappa shape index (κ1) is 32.8. The summed E-state index contributed by atoms with van der Waals surface area (Å²) in [5.41, 5.74) is 4.49. The molecule has 0 saturated heterocycles. The molecule has 7 nitrogen and oxygen atoms in total. The summed E-state index contributed by atoms with van der Waals surface area (Å²) in [5, 5.41) is 3.31. The Labute approximate surface area is 265 Å². The van der Waals surface area contributed by atoms with Gasteiger partial charge in [-0.15, -0.1) is 0 Å². The highest BCUT2D eigenvalue weighted by Crippen LogP contribution is 2.28. The molecule has 4 aromatic carbocycles. The van der Waals surface area contributed by atoms with Gasteiger partial charge in [-0.05, 0) is 80.3 Å². The van der Waals surface area contributed by atoms with E-state index in [1.165, 1.54) is 4.90 Å². The van der Waals surface area contributed by atoms with Crippen molar-refractivity contribution in [1.29, 1.82) is 0 Å². The van der Waals surface area contributed by atoms with Crippen molar-refractivity contribution in [3.8, 4) is 0 Å². The lowest BCUT2D eigenvalue weighted by Crippen LogP contribution is -2.53. The van der Waals surface area contributed by atoms with Gasteiger partial charge in [0.25, 0.3) is 10.0 Å². The molecule has 0 saturated carbocycles. The van der Waals surface area contributed by atoms with Crippen LogP contribution in [-0.4, -0.2) is 44.3 Å². The van der Waals surface area contributed by atoms with Gasteiger partial charge in [-0.1, -0.05) is 83.9 Å². The van der Waals surface area contributed by atoms with Gasteiger partial charge in [-0.3, -0.25) is 13.9 Å². The Hall–Kier alpha value is -4.14. The molecule has 0 fully saturated rings. The molecule has 0 bridgehead atoms. The summed E-state index contributed by atoms with van der Waals surface area (Å²) >= 11 is 6.54. The van der Waals surface area contributed by atoms with Crippen molar-refractivity contribution in [2.45, 2.75) is 51.6 Å². The zero-order chi connectivity index (χ0) is 31.9. The van der Waals surface area contributed by atoms with Gasteiger partial charge in [-0.2, -0.15) is 0 Å². The lowest BCUT2D eigenvalue weighted by Gasteiger charge is -2.34. The molecule has 1 unspecified atom stereocenters. The molecule has 230 valence electrons. The van der Waals surface area contributed by atoms with Crippen molar-refractivity contribution in [1.82, 2.24) is 10.2 Å². The third-order valence-electron chi connectivity index (χ3n) is 7.30. The summed E-state index contributed by atoms with van der Waals surface area (Å²) < 4.78 is 29.5. The van der Waals surface area contributed by atoms with Crippen LogP contribution in [0.3, 0.4) is 0 Å². The van der Waals surface area contributed by atoms with E-state index < -0.39 is 28.5 Å². The standard InChI is InChI=1S/C35H38ClN3O4S/c1-5-37-35(41)33(22-28-11-7-6-8-12-28)38(23-29-13-9-10-14-32(29)36)34(40)24-39(30-20-26(3)19-27(4)21-30)44(42,43)31-17-15-25(2)16-18-31/h6-21,33H,5,22-24H2,1-4H3,(H,37,41). The maximum atomic E-state index is 14.5. The molecule has 0 aliphatic rings. The van der Waals surface area contributed by atoms with E-state index in [1.54, 1.807) is 54.6 Å². The van der Waals surface area contributed by atoms with Gasteiger partial charge < -0.3 is 10.2 Å². The molecule has 2 amide bonds. The minimum Gasteiger partial charge on any atom is -0.355 e. The molecule has 0 aliphatic heterocycles. The number of amides is 2. The predicted molar refractivity (Wildman–Crippen MR) is 176 cm³/mol. The van der Waals surface area contributed by atoms with E-state index in [0.717, 1.165) is 26.6 Å². The molecule has 0 aromatic heterocycles. The highest BCUT2D eigenvalue weighted by Gasteiger charge is 2.35. The van der Waals surface area contributed by atoms with Crippen LogP contribution in [0.5, 0.6) is 0 Å². The predicted octanol–water partition coefficient (Wildman–Crippen LogP) is 6.24. The molecule has 0 spiro atoms. The number of anilines is 1. The molecule has 4 rings (SSSR count). The van der Waals surface area contributed by atoms with Crippen LogP contribution in [0.25, 0.3) is 0 Å². The summed E-state index contributed by atoms with van der Waals surface area (Å²) in [7, 11) is -4.17. The van der Waals surface area contributed by atoms with Crippen LogP contribution in [-0.2, 0) is 32.6 Å². The lowest BCUT2D eigenvalue weighted by atomic mass is 10.0. The molecular formula is C35H38ClN3O4S. The number of likely N-dealkylation sites (N-methyl/N-ethyl adjacent to an activating group) is 1. The van der Waals surface area contributed by atoms with Crippen molar-refractivity contribution in [3.05, 3.63) is 130 Å². The second-order valence-corrected chi connectivity index (χ2v) is 13.2. The van der Waals surface area contributed by atoms with E-state index in [2.05, 4.69) is 5.32 Å². The summed E-state index contributed by atoms with van der Waals surface area (Å²) in [6.45, 7) is 7.31. The highest BCUT2D eigenvalue weighted by atomic mass is 35.5. The number of nitrogens with one attached hydrogen (secondary N) is 1. The van der Waals surface area contributed by atoms with Crippen molar-refractivity contribution < 1.29 is 18.0 Å². The van der Waals surface area contributed by atoms with Crippen LogP contribution >= 0.6 is 11.6 Å². The van der Waals surface area contributed by atoms with Gasteiger partial charge in [0.15, 0.2) is 0 Å². The Morgan fingerprint density at radius 2 is 1.43 bits per heavy atom. The third-order valence-corrected chi connectivity index (χ3v) is 9.46. The Kier molecular flexibility index (Phi) is 10.8. The summed E-state index contributed by atoms with van der Waals surface area (Å²) in [6.07, 6.45) is 0.233. The van der Waals surface area contributed by atoms with E-state index in [0.29, 0.717) is 22.8 Å². The zero-order valence-corrected chi connectivity index (χ0v) is 27.0. The quantitative estimate of drug-likeness (QED) is 0.201. The number of carbonyl (C=O) groups is 2. The molecule has 9 heteroatoms. The normalized spacial score (nSPS) is 11.9. The first-order valence-corrected chi connectivity index (χ1v) is 16.3. The minimum absolute atomic E-state index is 0.0123. The van der Waals surface area contributed by atoms with E-state index in [1.807, 2.05) is 70.2 Å². The van der Waals surface area contributed by atoms with Gasteiger partial charge in [0, 0.05) is 24.5 Å². The van der Waals surface area contributed by atoms with E-state index in [-0.39, 0.29) is 23.8 Å². The highest BCUT2D eigenvalue weighted by molar-refractivity contribution is 7.92. The monoisotopic (exact) mass is 631 g/mol. The number of hydrogen-bond donors (Lipinski definition) is 1. The first-order valence-electron chi connectivity index (χ1n) is 14.5. The zero-order valence-electron chi connectivity index (χ0n) is 25.5. The van der Waals surface area contributed by atoms with Crippen molar-refractivity contribution in [2.75, 3.05) is 17.4 Å². The van der Waals surface area contributed by atoms with Crippen LogP contribution in [0.1, 0.15) is 34.7 Å².